The van der Waals surface area contributed by atoms with Gasteiger partial charge < -0.3 is 14.9 Å². The Labute approximate surface area is 149 Å². The van der Waals surface area contributed by atoms with Gasteiger partial charge in [0.05, 0.1) is 19.1 Å². The zero-order valence-electron chi connectivity index (χ0n) is 15.0. The molecule has 0 heterocycles. The van der Waals surface area contributed by atoms with Crippen molar-refractivity contribution in [3.8, 4) is 5.75 Å². The van der Waals surface area contributed by atoms with Gasteiger partial charge in [-0.25, -0.2) is 0 Å². The van der Waals surface area contributed by atoms with Gasteiger partial charge in [0.2, 0.25) is 0 Å². The summed E-state index contributed by atoms with van der Waals surface area (Å²) < 4.78 is 5.43. The summed E-state index contributed by atoms with van der Waals surface area (Å²) in [5.74, 6) is -0.798. The molecule has 0 amide bonds. The molecule has 0 spiro atoms. The first-order valence-electron chi connectivity index (χ1n) is 8.44. The van der Waals surface area contributed by atoms with Crippen molar-refractivity contribution < 1.29 is 19.7 Å². The van der Waals surface area contributed by atoms with Gasteiger partial charge in [-0.2, -0.15) is 0 Å². The summed E-state index contributed by atoms with van der Waals surface area (Å²) in [6.45, 7) is 4.02. The van der Waals surface area contributed by atoms with Crippen LogP contribution >= 0.6 is 0 Å². The summed E-state index contributed by atoms with van der Waals surface area (Å²) in [6, 6.07) is 16.8. The number of hydrogen-bond donors (Lipinski definition) is 2. The number of aliphatic hydroxyl groups excluding tert-OH is 1. The number of methoxy groups -OCH3 is 1. The molecule has 0 aliphatic carbocycles. The van der Waals surface area contributed by atoms with Crippen LogP contribution in [0.3, 0.4) is 0 Å². The van der Waals surface area contributed by atoms with Crippen LogP contribution in [-0.4, -0.2) is 23.3 Å². The summed E-state index contributed by atoms with van der Waals surface area (Å²) >= 11 is 0. The van der Waals surface area contributed by atoms with Crippen LogP contribution in [0.15, 0.2) is 54.6 Å². The minimum absolute atomic E-state index is 0.178. The average Bonchev–Trinajstić information content (AvgIpc) is 2.61. The van der Waals surface area contributed by atoms with Gasteiger partial charge >= 0.3 is 5.97 Å². The Balaban J connectivity index is 2.19. The van der Waals surface area contributed by atoms with Crippen LogP contribution in [0.1, 0.15) is 43.9 Å². The molecule has 2 N–H and O–H groups in total. The highest BCUT2D eigenvalue weighted by Crippen LogP contribution is 2.38. The maximum absolute atomic E-state index is 11.8. The second kappa shape index (κ2) is 8.17. The summed E-state index contributed by atoms with van der Waals surface area (Å²) in [5, 5.41) is 20.1. The minimum Gasteiger partial charge on any atom is -0.496 e. The summed E-state index contributed by atoms with van der Waals surface area (Å²) in [6.07, 6.45) is -0.208. The third-order valence-electron chi connectivity index (χ3n) is 4.63. The van der Waals surface area contributed by atoms with Crippen molar-refractivity contribution in [2.75, 3.05) is 7.11 Å². The number of rotatable bonds is 8. The molecular weight excluding hydrogens is 316 g/mol. The van der Waals surface area contributed by atoms with Gasteiger partial charge in [-0.15, -0.1) is 0 Å². The molecule has 2 aromatic carbocycles. The number of aliphatic hydroxyl groups is 1. The minimum atomic E-state index is -0.891. The largest absolute Gasteiger partial charge is 0.496 e. The van der Waals surface area contributed by atoms with Crippen LogP contribution in [0.5, 0.6) is 5.75 Å². The number of hydrogen-bond acceptors (Lipinski definition) is 3. The van der Waals surface area contributed by atoms with Crippen LogP contribution in [-0.2, 0) is 10.2 Å². The van der Waals surface area contributed by atoms with E-state index >= 15 is 0 Å². The first-order chi connectivity index (χ1) is 11.8. The topological polar surface area (TPSA) is 66.8 Å². The van der Waals surface area contributed by atoms with Gasteiger partial charge in [-0.3, -0.25) is 4.79 Å². The second-order valence-corrected chi connectivity index (χ2v) is 6.99. The van der Waals surface area contributed by atoms with E-state index in [1.165, 1.54) is 0 Å². The second-order valence-electron chi connectivity index (χ2n) is 6.99. The molecule has 0 saturated heterocycles. The summed E-state index contributed by atoms with van der Waals surface area (Å²) in [4.78, 5) is 11.8. The quantitative estimate of drug-likeness (QED) is 0.755. The molecule has 4 heteroatoms. The molecular formula is C21H26O4. The van der Waals surface area contributed by atoms with Crippen molar-refractivity contribution in [1.29, 1.82) is 0 Å². The molecule has 0 aliphatic heterocycles. The van der Waals surface area contributed by atoms with E-state index in [0.717, 1.165) is 16.9 Å². The molecule has 0 fully saturated rings. The van der Waals surface area contributed by atoms with Gasteiger partial charge in [0.15, 0.2) is 0 Å². The van der Waals surface area contributed by atoms with Gasteiger partial charge in [-0.05, 0) is 35.4 Å². The predicted octanol–water partition coefficient (Wildman–Crippen LogP) is 4.19. The lowest BCUT2D eigenvalue weighted by Crippen LogP contribution is -2.28. The van der Waals surface area contributed by atoms with E-state index in [4.69, 9.17) is 4.74 Å². The monoisotopic (exact) mass is 342 g/mol. The molecule has 2 atom stereocenters. The van der Waals surface area contributed by atoms with Crippen LogP contribution in [0.2, 0.25) is 0 Å². The number of carboxylic acid groups (broad SMARTS) is 1. The van der Waals surface area contributed by atoms with Gasteiger partial charge in [-0.1, -0.05) is 62.4 Å². The Bertz CT molecular complexity index is 694. The molecule has 25 heavy (non-hydrogen) atoms. The fourth-order valence-electron chi connectivity index (χ4n) is 3.28. The molecule has 2 unspecified atom stereocenters. The SMILES string of the molecule is COc1ccccc1C(C)(C)CC(CC(O)c1ccccc1)C(=O)O. The number of carbonyl (C=O) groups is 1. The van der Waals surface area contributed by atoms with Gasteiger partial charge in [0, 0.05) is 0 Å². The van der Waals surface area contributed by atoms with Crippen molar-refractivity contribution in [2.45, 2.75) is 38.2 Å². The number of ether oxygens (including phenoxy) is 1. The number of aliphatic carboxylic acids is 1. The van der Waals surface area contributed by atoms with E-state index in [1.807, 2.05) is 68.4 Å². The van der Waals surface area contributed by atoms with Crippen molar-refractivity contribution in [1.82, 2.24) is 0 Å². The Hall–Kier alpha value is -2.33. The lowest BCUT2D eigenvalue weighted by molar-refractivity contribution is -0.143. The number of para-hydroxylation sites is 1. The van der Waals surface area contributed by atoms with Crippen LogP contribution in [0.4, 0.5) is 0 Å². The molecule has 2 rings (SSSR count). The van der Waals surface area contributed by atoms with E-state index in [1.54, 1.807) is 7.11 Å². The lowest BCUT2D eigenvalue weighted by atomic mass is 9.75. The normalized spacial score (nSPS) is 13.9. The van der Waals surface area contributed by atoms with Crippen molar-refractivity contribution in [3.05, 3.63) is 65.7 Å². The Morgan fingerprint density at radius 1 is 1.08 bits per heavy atom. The Morgan fingerprint density at radius 3 is 2.28 bits per heavy atom. The standard InChI is InChI=1S/C21H26O4/c1-21(2,17-11-7-8-12-19(17)25-3)14-16(20(23)24)13-18(22)15-9-5-4-6-10-15/h4-12,16,18,22H,13-14H2,1-3H3,(H,23,24). The molecule has 2 aromatic rings. The Morgan fingerprint density at radius 2 is 1.68 bits per heavy atom. The fraction of sp³-hybridized carbons (Fsp3) is 0.381. The van der Waals surface area contributed by atoms with E-state index in [-0.39, 0.29) is 6.42 Å². The Kier molecular flexibility index (Phi) is 6.21. The highest BCUT2D eigenvalue weighted by atomic mass is 16.5. The number of benzene rings is 2. The molecule has 0 saturated carbocycles. The first-order valence-corrected chi connectivity index (χ1v) is 8.44. The van der Waals surface area contributed by atoms with E-state index in [0.29, 0.717) is 6.42 Å². The average molecular weight is 342 g/mol. The molecule has 0 radical (unpaired) electrons. The molecule has 4 nitrogen and oxygen atoms in total. The highest BCUT2D eigenvalue weighted by molar-refractivity contribution is 5.70. The van der Waals surface area contributed by atoms with E-state index in [2.05, 4.69) is 0 Å². The molecule has 0 bridgehead atoms. The van der Waals surface area contributed by atoms with Gasteiger partial charge in [0.1, 0.15) is 5.75 Å². The predicted molar refractivity (Wildman–Crippen MR) is 97.8 cm³/mol. The van der Waals surface area contributed by atoms with Crippen LogP contribution in [0.25, 0.3) is 0 Å². The van der Waals surface area contributed by atoms with Crippen LogP contribution < -0.4 is 4.74 Å². The molecule has 0 aliphatic rings. The lowest BCUT2D eigenvalue weighted by Gasteiger charge is -2.30. The van der Waals surface area contributed by atoms with Crippen molar-refractivity contribution in [2.24, 2.45) is 5.92 Å². The van der Waals surface area contributed by atoms with E-state index in [9.17, 15) is 15.0 Å². The zero-order chi connectivity index (χ0) is 18.4. The van der Waals surface area contributed by atoms with E-state index < -0.39 is 23.4 Å². The third kappa shape index (κ3) is 4.83. The molecule has 134 valence electrons. The molecule has 0 aromatic heterocycles. The summed E-state index contributed by atoms with van der Waals surface area (Å²) in [7, 11) is 1.61. The van der Waals surface area contributed by atoms with Gasteiger partial charge in [0.25, 0.3) is 0 Å². The maximum atomic E-state index is 11.8. The van der Waals surface area contributed by atoms with Crippen molar-refractivity contribution >= 4 is 5.97 Å². The first kappa shape index (κ1) is 19.0. The van der Waals surface area contributed by atoms with Crippen LogP contribution in [0, 0.1) is 5.92 Å². The maximum Gasteiger partial charge on any atom is 0.306 e. The highest BCUT2D eigenvalue weighted by Gasteiger charge is 2.32. The smallest absolute Gasteiger partial charge is 0.306 e. The fourth-order valence-corrected chi connectivity index (χ4v) is 3.28. The number of carboxylic acids is 1. The zero-order valence-corrected chi connectivity index (χ0v) is 15.0. The third-order valence-corrected chi connectivity index (χ3v) is 4.63. The summed E-state index contributed by atoms with van der Waals surface area (Å²) in [5.41, 5.74) is 1.31. The van der Waals surface area contributed by atoms with Crippen molar-refractivity contribution in [3.63, 3.8) is 0 Å².